The number of esters is 1. The standard InChI is InChI=1S/C10H13FN2O2/c1-2-15-10(14)7-13(12)9-5-3-8(11)4-6-9/h3-6H,2,7,12H2,1H3. The molecule has 4 nitrogen and oxygen atoms in total. The van der Waals surface area contributed by atoms with Gasteiger partial charge >= 0.3 is 5.97 Å². The number of nitrogens with two attached hydrogens (primary N) is 1. The Morgan fingerprint density at radius 2 is 2.07 bits per heavy atom. The third-order valence-electron chi connectivity index (χ3n) is 1.76. The summed E-state index contributed by atoms with van der Waals surface area (Å²) in [7, 11) is 0. The van der Waals surface area contributed by atoms with Crippen LogP contribution in [0.4, 0.5) is 10.1 Å². The van der Waals surface area contributed by atoms with Crippen molar-refractivity contribution in [2.24, 2.45) is 5.84 Å². The second-order valence-corrected chi connectivity index (χ2v) is 2.91. The predicted octanol–water partition coefficient (Wildman–Crippen LogP) is 1.07. The van der Waals surface area contributed by atoms with E-state index >= 15 is 0 Å². The Hall–Kier alpha value is -1.62. The van der Waals surface area contributed by atoms with E-state index in [4.69, 9.17) is 10.6 Å². The summed E-state index contributed by atoms with van der Waals surface area (Å²) in [5.74, 6) is 4.83. The van der Waals surface area contributed by atoms with Crippen molar-refractivity contribution in [3.8, 4) is 0 Å². The van der Waals surface area contributed by atoms with E-state index in [2.05, 4.69) is 0 Å². The fraction of sp³-hybridized carbons (Fsp3) is 0.300. The molecule has 0 radical (unpaired) electrons. The Kier molecular flexibility index (Phi) is 4.05. The van der Waals surface area contributed by atoms with E-state index in [1.165, 1.54) is 29.3 Å². The van der Waals surface area contributed by atoms with Gasteiger partial charge in [-0.3, -0.25) is 9.80 Å². The topological polar surface area (TPSA) is 55.6 Å². The van der Waals surface area contributed by atoms with Crippen molar-refractivity contribution in [1.82, 2.24) is 0 Å². The van der Waals surface area contributed by atoms with Crippen LogP contribution in [0.3, 0.4) is 0 Å². The minimum Gasteiger partial charge on any atom is -0.465 e. The number of hydrogen-bond donors (Lipinski definition) is 1. The fourth-order valence-electron chi connectivity index (χ4n) is 1.07. The summed E-state index contributed by atoms with van der Waals surface area (Å²) in [5.41, 5.74) is 0.560. The highest BCUT2D eigenvalue weighted by Crippen LogP contribution is 2.11. The number of ether oxygens (including phenoxy) is 1. The van der Waals surface area contributed by atoms with Gasteiger partial charge in [-0.25, -0.2) is 10.2 Å². The zero-order valence-corrected chi connectivity index (χ0v) is 8.44. The SMILES string of the molecule is CCOC(=O)CN(N)c1ccc(F)cc1. The highest BCUT2D eigenvalue weighted by Gasteiger charge is 2.08. The van der Waals surface area contributed by atoms with Gasteiger partial charge in [0.2, 0.25) is 0 Å². The van der Waals surface area contributed by atoms with Crippen molar-refractivity contribution in [2.45, 2.75) is 6.92 Å². The van der Waals surface area contributed by atoms with Gasteiger partial charge in [0.15, 0.2) is 0 Å². The molecule has 0 aliphatic carbocycles. The van der Waals surface area contributed by atoms with Gasteiger partial charge in [0.25, 0.3) is 0 Å². The van der Waals surface area contributed by atoms with Crippen LogP contribution in [-0.2, 0) is 9.53 Å². The number of anilines is 1. The molecule has 0 amide bonds. The largest absolute Gasteiger partial charge is 0.465 e. The number of nitrogens with zero attached hydrogens (tertiary/aromatic N) is 1. The van der Waals surface area contributed by atoms with Crippen LogP contribution in [0.15, 0.2) is 24.3 Å². The average Bonchev–Trinajstić information content (AvgIpc) is 2.18. The predicted molar refractivity (Wildman–Crippen MR) is 54.6 cm³/mol. The Balaban J connectivity index is 2.57. The van der Waals surface area contributed by atoms with Gasteiger partial charge in [-0.2, -0.15) is 0 Å². The van der Waals surface area contributed by atoms with Crippen molar-refractivity contribution >= 4 is 11.7 Å². The molecule has 1 rings (SSSR count). The number of hydrogen-bond acceptors (Lipinski definition) is 4. The van der Waals surface area contributed by atoms with Crippen molar-refractivity contribution < 1.29 is 13.9 Å². The Morgan fingerprint density at radius 3 is 2.60 bits per heavy atom. The highest BCUT2D eigenvalue weighted by molar-refractivity contribution is 5.75. The van der Waals surface area contributed by atoms with Crippen LogP contribution in [0.1, 0.15) is 6.92 Å². The molecule has 0 aromatic heterocycles. The molecule has 2 N–H and O–H groups in total. The monoisotopic (exact) mass is 212 g/mol. The molecule has 0 saturated heterocycles. The van der Waals surface area contributed by atoms with Crippen molar-refractivity contribution in [3.63, 3.8) is 0 Å². The number of rotatable bonds is 4. The minimum absolute atomic E-state index is 0.0561. The molecule has 15 heavy (non-hydrogen) atoms. The van der Waals surface area contributed by atoms with Gasteiger partial charge in [-0.1, -0.05) is 0 Å². The molecule has 0 heterocycles. The van der Waals surface area contributed by atoms with Gasteiger partial charge in [-0.15, -0.1) is 0 Å². The molecule has 0 fully saturated rings. The summed E-state index contributed by atoms with van der Waals surface area (Å²) >= 11 is 0. The fourth-order valence-corrected chi connectivity index (χ4v) is 1.07. The lowest BCUT2D eigenvalue weighted by atomic mass is 10.3. The second-order valence-electron chi connectivity index (χ2n) is 2.91. The van der Waals surface area contributed by atoms with Gasteiger partial charge < -0.3 is 4.74 Å². The number of carbonyl (C=O) groups is 1. The smallest absolute Gasteiger partial charge is 0.327 e. The van der Waals surface area contributed by atoms with Gasteiger partial charge in [-0.05, 0) is 31.2 Å². The van der Waals surface area contributed by atoms with Crippen LogP contribution in [-0.4, -0.2) is 19.1 Å². The van der Waals surface area contributed by atoms with Gasteiger partial charge in [0.05, 0.1) is 12.3 Å². The molecule has 0 bridgehead atoms. The molecule has 1 aromatic rings. The van der Waals surface area contributed by atoms with E-state index in [1.54, 1.807) is 6.92 Å². The number of hydrazine groups is 1. The molecular formula is C10H13FN2O2. The Bertz CT molecular complexity index is 327. The highest BCUT2D eigenvalue weighted by atomic mass is 19.1. The molecule has 0 saturated carbocycles. The molecule has 1 aromatic carbocycles. The molecule has 0 unspecified atom stereocenters. The minimum atomic E-state index is -0.413. The van der Waals surface area contributed by atoms with Crippen LogP contribution in [0.5, 0.6) is 0 Å². The van der Waals surface area contributed by atoms with Crippen molar-refractivity contribution in [2.75, 3.05) is 18.2 Å². The van der Waals surface area contributed by atoms with E-state index in [9.17, 15) is 9.18 Å². The van der Waals surface area contributed by atoms with Crippen LogP contribution >= 0.6 is 0 Å². The summed E-state index contributed by atoms with van der Waals surface area (Å²) in [6.45, 7) is 1.98. The van der Waals surface area contributed by atoms with E-state index < -0.39 is 5.97 Å². The third kappa shape index (κ3) is 3.55. The van der Waals surface area contributed by atoms with Crippen molar-refractivity contribution in [1.29, 1.82) is 0 Å². The summed E-state index contributed by atoms with van der Waals surface area (Å²) in [4.78, 5) is 11.1. The third-order valence-corrected chi connectivity index (χ3v) is 1.76. The Labute approximate surface area is 87.4 Å². The lowest BCUT2D eigenvalue weighted by molar-refractivity contribution is -0.141. The summed E-state index contributed by atoms with van der Waals surface area (Å²) in [5, 5.41) is 1.21. The molecular weight excluding hydrogens is 199 g/mol. The summed E-state index contributed by atoms with van der Waals surface area (Å²) < 4.78 is 17.3. The first-order valence-corrected chi connectivity index (χ1v) is 4.57. The van der Waals surface area contributed by atoms with E-state index in [-0.39, 0.29) is 12.4 Å². The van der Waals surface area contributed by atoms with Crippen LogP contribution in [0.25, 0.3) is 0 Å². The molecule has 0 aliphatic rings. The number of carbonyl (C=O) groups excluding carboxylic acids is 1. The quantitative estimate of drug-likeness (QED) is 0.461. The van der Waals surface area contributed by atoms with Crippen LogP contribution in [0.2, 0.25) is 0 Å². The maximum atomic E-state index is 12.6. The number of halogens is 1. The molecule has 0 spiro atoms. The first-order valence-electron chi connectivity index (χ1n) is 4.57. The maximum absolute atomic E-state index is 12.6. The molecule has 0 atom stereocenters. The zero-order valence-electron chi connectivity index (χ0n) is 8.44. The van der Waals surface area contributed by atoms with E-state index in [0.717, 1.165) is 0 Å². The van der Waals surface area contributed by atoms with Crippen LogP contribution in [0, 0.1) is 5.82 Å². The van der Waals surface area contributed by atoms with Gasteiger partial charge in [0.1, 0.15) is 12.4 Å². The van der Waals surface area contributed by atoms with Gasteiger partial charge in [0, 0.05) is 0 Å². The normalized spacial score (nSPS) is 9.80. The van der Waals surface area contributed by atoms with E-state index in [0.29, 0.717) is 12.3 Å². The molecule has 5 heteroatoms. The first kappa shape index (κ1) is 11.5. The molecule has 0 aliphatic heterocycles. The Morgan fingerprint density at radius 1 is 1.47 bits per heavy atom. The van der Waals surface area contributed by atoms with Crippen molar-refractivity contribution in [3.05, 3.63) is 30.1 Å². The molecule has 82 valence electrons. The lowest BCUT2D eigenvalue weighted by Crippen LogP contribution is -2.36. The lowest BCUT2D eigenvalue weighted by Gasteiger charge is -2.17. The van der Waals surface area contributed by atoms with E-state index in [1.807, 2.05) is 0 Å². The number of benzene rings is 1. The average molecular weight is 212 g/mol. The van der Waals surface area contributed by atoms with Crippen LogP contribution < -0.4 is 10.9 Å². The maximum Gasteiger partial charge on any atom is 0.327 e. The summed E-state index contributed by atoms with van der Waals surface area (Å²) in [6.07, 6.45) is 0. The summed E-state index contributed by atoms with van der Waals surface area (Å²) in [6, 6.07) is 5.55. The first-order chi connectivity index (χ1) is 7.13. The zero-order chi connectivity index (χ0) is 11.3. The second kappa shape index (κ2) is 5.31.